The monoisotopic (exact) mass is 362 g/mol. The largest absolute Gasteiger partial charge is 0.459 e. The zero-order valence-electron chi connectivity index (χ0n) is 14.2. The van der Waals surface area contributed by atoms with Gasteiger partial charge in [-0.1, -0.05) is 11.2 Å². The molecule has 0 aliphatic heterocycles. The summed E-state index contributed by atoms with van der Waals surface area (Å²) < 4.78 is 11.8. The number of nitrogens with zero attached hydrogens (tertiary/aromatic N) is 3. The minimum atomic E-state index is -0.353. The van der Waals surface area contributed by atoms with Crippen LogP contribution in [0, 0.1) is 0 Å². The molecule has 1 amide bonds. The van der Waals surface area contributed by atoms with Crippen LogP contribution in [-0.4, -0.2) is 20.6 Å². The molecule has 0 saturated heterocycles. The summed E-state index contributed by atoms with van der Waals surface area (Å²) in [6.45, 7) is 0. The summed E-state index contributed by atoms with van der Waals surface area (Å²) >= 11 is 0. The number of aryl methyl sites for hydroxylation is 1. The molecule has 0 bridgehead atoms. The van der Waals surface area contributed by atoms with E-state index in [4.69, 9.17) is 8.94 Å². The first-order valence-electron chi connectivity index (χ1n) is 8.06. The van der Waals surface area contributed by atoms with E-state index in [9.17, 15) is 9.59 Å². The number of rotatable bonds is 4. The highest BCUT2D eigenvalue weighted by Gasteiger charge is 2.13. The summed E-state index contributed by atoms with van der Waals surface area (Å²) in [7, 11) is 1.65. The Labute approximate surface area is 153 Å². The smallest absolute Gasteiger partial charge is 0.291 e. The van der Waals surface area contributed by atoms with Gasteiger partial charge >= 0.3 is 0 Å². The summed E-state index contributed by atoms with van der Waals surface area (Å²) in [6, 6.07) is 13.3. The zero-order valence-corrected chi connectivity index (χ0v) is 14.2. The van der Waals surface area contributed by atoms with E-state index in [0.29, 0.717) is 28.5 Å². The standard InChI is InChI=1S/C19H14N4O4/c1-23-11-13(7-8-16(23)24)17-21-19(27-22-17)12-4-2-5-14(10-12)20-18(25)15-6-3-9-26-15/h2-11H,1H3,(H,20,25). The zero-order chi connectivity index (χ0) is 18.8. The van der Waals surface area contributed by atoms with Crippen LogP contribution in [-0.2, 0) is 7.05 Å². The molecule has 4 aromatic rings. The maximum Gasteiger partial charge on any atom is 0.291 e. The Balaban J connectivity index is 1.59. The van der Waals surface area contributed by atoms with Gasteiger partial charge in [0.25, 0.3) is 11.8 Å². The molecular formula is C19H14N4O4. The van der Waals surface area contributed by atoms with Crippen LogP contribution in [0.1, 0.15) is 10.6 Å². The van der Waals surface area contributed by atoms with Crippen LogP contribution in [0.15, 0.2) is 74.7 Å². The van der Waals surface area contributed by atoms with Crippen LogP contribution in [0.2, 0.25) is 0 Å². The number of amides is 1. The number of carbonyl (C=O) groups excluding carboxylic acids is 1. The highest BCUT2D eigenvalue weighted by atomic mass is 16.5. The van der Waals surface area contributed by atoms with Gasteiger partial charge in [0.15, 0.2) is 5.76 Å². The van der Waals surface area contributed by atoms with Gasteiger partial charge in [0.05, 0.1) is 6.26 Å². The van der Waals surface area contributed by atoms with Crippen molar-refractivity contribution < 1.29 is 13.7 Å². The number of furan rings is 1. The molecule has 8 nitrogen and oxygen atoms in total. The van der Waals surface area contributed by atoms with Crippen molar-refractivity contribution in [2.75, 3.05) is 5.32 Å². The number of aromatic nitrogens is 3. The second-order valence-corrected chi connectivity index (χ2v) is 5.80. The SMILES string of the molecule is Cn1cc(-c2noc(-c3cccc(NC(=O)c4ccco4)c3)n2)ccc1=O. The molecule has 1 N–H and O–H groups in total. The van der Waals surface area contributed by atoms with Crippen LogP contribution in [0.3, 0.4) is 0 Å². The van der Waals surface area contributed by atoms with Crippen LogP contribution < -0.4 is 10.9 Å². The maximum absolute atomic E-state index is 12.1. The first-order chi connectivity index (χ1) is 13.1. The van der Waals surface area contributed by atoms with Gasteiger partial charge in [-0.05, 0) is 36.4 Å². The van der Waals surface area contributed by atoms with E-state index < -0.39 is 0 Å². The van der Waals surface area contributed by atoms with Gasteiger partial charge in [0.2, 0.25) is 11.4 Å². The van der Waals surface area contributed by atoms with Gasteiger partial charge < -0.3 is 18.8 Å². The Morgan fingerprint density at radius 1 is 1.11 bits per heavy atom. The highest BCUT2D eigenvalue weighted by Crippen LogP contribution is 2.24. The number of hydrogen-bond acceptors (Lipinski definition) is 6. The molecule has 3 heterocycles. The van der Waals surface area contributed by atoms with Gasteiger partial charge in [0.1, 0.15) is 0 Å². The lowest BCUT2D eigenvalue weighted by Crippen LogP contribution is -2.14. The van der Waals surface area contributed by atoms with Gasteiger partial charge in [-0.3, -0.25) is 9.59 Å². The first kappa shape index (κ1) is 16.5. The number of benzene rings is 1. The summed E-state index contributed by atoms with van der Waals surface area (Å²) in [6.07, 6.45) is 3.07. The molecule has 134 valence electrons. The molecule has 0 aliphatic carbocycles. The van der Waals surface area contributed by atoms with Crippen molar-refractivity contribution in [3.63, 3.8) is 0 Å². The van der Waals surface area contributed by atoms with Crippen molar-refractivity contribution in [2.24, 2.45) is 7.05 Å². The van der Waals surface area contributed by atoms with E-state index in [1.165, 1.54) is 16.9 Å². The second kappa shape index (κ2) is 6.75. The molecule has 0 unspecified atom stereocenters. The molecule has 4 rings (SSSR count). The third kappa shape index (κ3) is 3.40. The lowest BCUT2D eigenvalue weighted by molar-refractivity contribution is 0.0996. The summed E-state index contributed by atoms with van der Waals surface area (Å²) in [5.41, 5.74) is 1.75. The van der Waals surface area contributed by atoms with Crippen molar-refractivity contribution in [1.29, 1.82) is 0 Å². The van der Waals surface area contributed by atoms with Gasteiger partial charge in [-0.2, -0.15) is 4.98 Å². The third-order valence-electron chi connectivity index (χ3n) is 3.88. The fourth-order valence-corrected chi connectivity index (χ4v) is 2.51. The highest BCUT2D eigenvalue weighted by molar-refractivity contribution is 6.02. The fourth-order valence-electron chi connectivity index (χ4n) is 2.51. The Bertz CT molecular complexity index is 1160. The Morgan fingerprint density at radius 3 is 2.78 bits per heavy atom. The van der Waals surface area contributed by atoms with E-state index in [2.05, 4.69) is 15.5 Å². The Kier molecular flexibility index (Phi) is 4.13. The third-order valence-corrected chi connectivity index (χ3v) is 3.88. The van der Waals surface area contributed by atoms with Crippen LogP contribution in [0.5, 0.6) is 0 Å². The number of hydrogen-bond donors (Lipinski definition) is 1. The van der Waals surface area contributed by atoms with Crippen molar-refractivity contribution >= 4 is 11.6 Å². The average Bonchev–Trinajstić information content (AvgIpc) is 3.36. The molecule has 0 saturated carbocycles. The van der Waals surface area contributed by atoms with E-state index in [1.807, 2.05) is 0 Å². The predicted molar refractivity (Wildman–Crippen MR) is 97.1 cm³/mol. The van der Waals surface area contributed by atoms with Crippen molar-refractivity contribution in [2.45, 2.75) is 0 Å². The molecular weight excluding hydrogens is 348 g/mol. The summed E-state index contributed by atoms with van der Waals surface area (Å²) in [5.74, 6) is 0.530. The molecule has 0 radical (unpaired) electrons. The van der Waals surface area contributed by atoms with Crippen LogP contribution >= 0.6 is 0 Å². The lowest BCUT2D eigenvalue weighted by atomic mass is 10.2. The summed E-state index contributed by atoms with van der Waals surface area (Å²) in [4.78, 5) is 28.0. The fraction of sp³-hybridized carbons (Fsp3) is 0.0526. The molecule has 0 aliphatic rings. The molecule has 27 heavy (non-hydrogen) atoms. The van der Waals surface area contributed by atoms with Crippen LogP contribution in [0.25, 0.3) is 22.8 Å². The molecule has 1 aromatic carbocycles. The van der Waals surface area contributed by atoms with Gasteiger partial charge in [-0.15, -0.1) is 0 Å². The number of anilines is 1. The van der Waals surface area contributed by atoms with Crippen molar-refractivity contribution in [1.82, 2.24) is 14.7 Å². The molecule has 0 atom stereocenters. The van der Waals surface area contributed by atoms with Crippen LogP contribution in [0.4, 0.5) is 5.69 Å². The molecule has 0 spiro atoms. The van der Waals surface area contributed by atoms with E-state index >= 15 is 0 Å². The molecule has 0 fully saturated rings. The maximum atomic E-state index is 12.1. The molecule has 3 aromatic heterocycles. The number of carbonyl (C=O) groups is 1. The Morgan fingerprint density at radius 2 is 2.00 bits per heavy atom. The Hall–Kier alpha value is -3.94. The molecule has 8 heteroatoms. The van der Waals surface area contributed by atoms with Crippen molar-refractivity contribution in [3.05, 3.63) is 77.1 Å². The van der Waals surface area contributed by atoms with Crippen molar-refractivity contribution in [3.8, 4) is 22.8 Å². The normalized spacial score (nSPS) is 10.7. The van der Waals surface area contributed by atoms with Gasteiger partial charge in [0, 0.05) is 36.1 Å². The van der Waals surface area contributed by atoms with E-state index in [1.54, 1.807) is 55.7 Å². The van der Waals surface area contributed by atoms with Gasteiger partial charge in [-0.25, -0.2) is 0 Å². The predicted octanol–water partition coefficient (Wildman–Crippen LogP) is 2.95. The number of pyridine rings is 1. The quantitative estimate of drug-likeness (QED) is 0.599. The first-order valence-corrected chi connectivity index (χ1v) is 8.06. The number of nitrogens with one attached hydrogen (secondary N) is 1. The minimum Gasteiger partial charge on any atom is -0.459 e. The topological polar surface area (TPSA) is 103 Å². The lowest BCUT2D eigenvalue weighted by Gasteiger charge is -2.04. The van der Waals surface area contributed by atoms with E-state index in [0.717, 1.165) is 0 Å². The minimum absolute atomic E-state index is 0.123. The summed E-state index contributed by atoms with van der Waals surface area (Å²) in [5, 5.41) is 6.71. The van der Waals surface area contributed by atoms with E-state index in [-0.39, 0.29) is 17.2 Å². The second-order valence-electron chi connectivity index (χ2n) is 5.80. The average molecular weight is 362 g/mol.